The van der Waals surface area contributed by atoms with E-state index in [1.807, 2.05) is 50.2 Å². The Balaban J connectivity index is 2.05. The molecule has 5 heteroatoms. The number of carbonyl (C=O) groups excluding carboxylic acids is 1. The minimum atomic E-state index is -0.544. The molecule has 142 valence electrons. The van der Waals surface area contributed by atoms with Gasteiger partial charge in [0.05, 0.1) is 24.1 Å². The van der Waals surface area contributed by atoms with Gasteiger partial charge in [-0.2, -0.15) is 0 Å². The molecule has 0 aliphatic carbocycles. The van der Waals surface area contributed by atoms with Crippen molar-refractivity contribution in [1.82, 2.24) is 4.90 Å². The van der Waals surface area contributed by atoms with E-state index in [1.54, 1.807) is 18.1 Å². The van der Waals surface area contributed by atoms with Crippen LogP contribution in [0.5, 0.6) is 5.75 Å². The Morgan fingerprint density at radius 1 is 1.21 bits per heavy atom. The summed E-state index contributed by atoms with van der Waals surface area (Å²) in [6, 6.07) is 10.6. The molecule has 1 amide bonds. The summed E-state index contributed by atoms with van der Waals surface area (Å²) in [5.74, 6) is 0.467. The van der Waals surface area contributed by atoms with Gasteiger partial charge in [0, 0.05) is 6.54 Å². The van der Waals surface area contributed by atoms with E-state index < -0.39 is 6.04 Å². The SMILES string of the molecule is C=CCN1C(=O)c2oc3c(C)cc(C)cc3c(=O)c2C1c1cccc(OC)c1. The van der Waals surface area contributed by atoms with Gasteiger partial charge in [-0.25, -0.2) is 0 Å². The van der Waals surface area contributed by atoms with E-state index in [2.05, 4.69) is 6.58 Å². The molecular formula is C23H21NO4. The van der Waals surface area contributed by atoms with Crippen LogP contribution in [-0.4, -0.2) is 24.5 Å². The van der Waals surface area contributed by atoms with E-state index >= 15 is 0 Å². The number of hydrogen-bond acceptors (Lipinski definition) is 4. The summed E-state index contributed by atoms with van der Waals surface area (Å²) in [6.07, 6.45) is 1.65. The van der Waals surface area contributed by atoms with Crippen LogP contribution in [0, 0.1) is 13.8 Å². The lowest BCUT2D eigenvalue weighted by atomic mass is 9.97. The monoisotopic (exact) mass is 375 g/mol. The largest absolute Gasteiger partial charge is 0.497 e. The Bertz CT molecular complexity index is 1180. The molecular weight excluding hydrogens is 354 g/mol. The molecule has 0 saturated carbocycles. The molecule has 0 bridgehead atoms. The second kappa shape index (κ2) is 6.68. The minimum Gasteiger partial charge on any atom is -0.497 e. The Morgan fingerprint density at radius 3 is 2.71 bits per heavy atom. The first-order valence-corrected chi connectivity index (χ1v) is 9.10. The van der Waals surface area contributed by atoms with Crippen molar-refractivity contribution in [3.8, 4) is 5.75 Å². The molecule has 1 atom stereocenters. The van der Waals surface area contributed by atoms with Crippen molar-refractivity contribution >= 4 is 16.9 Å². The van der Waals surface area contributed by atoms with Crippen molar-refractivity contribution in [2.24, 2.45) is 0 Å². The van der Waals surface area contributed by atoms with Crippen molar-refractivity contribution in [2.45, 2.75) is 19.9 Å². The molecule has 2 heterocycles. The second-order valence-electron chi connectivity index (χ2n) is 7.06. The molecule has 4 rings (SSSR count). The normalized spacial score (nSPS) is 15.8. The first-order chi connectivity index (χ1) is 13.5. The highest BCUT2D eigenvalue weighted by Gasteiger charge is 2.42. The van der Waals surface area contributed by atoms with Gasteiger partial charge in [0.15, 0.2) is 5.43 Å². The van der Waals surface area contributed by atoms with Crippen molar-refractivity contribution in [2.75, 3.05) is 13.7 Å². The zero-order valence-electron chi connectivity index (χ0n) is 16.1. The molecule has 2 aromatic carbocycles. The van der Waals surface area contributed by atoms with Gasteiger partial charge in [-0.05, 0) is 48.7 Å². The van der Waals surface area contributed by atoms with Crippen molar-refractivity contribution in [3.05, 3.63) is 87.3 Å². The average Bonchev–Trinajstić information content (AvgIpc) is 2.96. The van der Waals surface area contributed by atoms with Gasteiger partial charge in [-0.15, -0.1) is 6.58 Å². The lowest BCUT2D eigenvalue weighted by Gasteiger charge is -2.24. The number of amides is 1. The van der Waals surface area contributed by atoms with Crippen molar-refractivity contribution in [3.63, 3.8) is 0 Å². The Kier molecular flexibility index (Phi) is 4.30. The molecule has 1 aromatic heterocycles. The van der Waals surface area contributed by atoms with E-state index in [4.69, 9.17) is 9.15 Å². The summed E-state index contributed by atoms with van der Waals surface area (Å²) >= 11 is 0. The second-order valence-corrected chi connectivity index (χ2v) is 7.06. The first kappa shape index (κ1) is 18.0. The van der Waals surface area contributed by atoms with Gasteiger partial charge in [0.2, 0.25) is 5.76 Å². The lowest BCUT2D eigenvalue weighted by molar-refractivity contribution is 0.0748. The number of carbonyl (C=O) groups is 1. The zero-order chi connectivity index (χ0) is 20.0. The Hall–Kier alpha value is -3.34. The van der Waals surface area contributed by atoms with Gasteiger partial charge in [-0.1, -0.05) is 24.3 Å². The molecule has 1 aliphatic rings. The van der Waals surface area contributed by atoms with Gasteiger partial charge in [0.1, 0.15) is 11.3 Å². The summed E-state index contributed by atoms with van der Waals surface area (Å²) in [4.78, 5) is 28.2. The molecule has 0 N–H and O–H groups in total. The molecule has 1 unspecified atom stereocenters. The standard InChI is InChI=1S/C23H21NO4/c1-5-9-24-19(15-7-6-8-16(12-15)27-4)18-20(25)17-11-13(2)10-14(3)21(17)28-22(18)23(24)26/h5-8,10-12,19H,1,9H2,2-4H3. The maximum atomic E-state index is 13.5. The van der Waals surface area contributed by atoms with E-state index in [1.165, 1.54) is 0 Å². The number of aryl methyl sites for hydroxylation is 2. The highest BCUT2D eigenvalue weighted by molar-refractivity contribution is 5.99. The number of ether oxygens (including phenoxy) is 1. The highest BCUT2D eigenvalue weighted by Crippen LogP contribution is 2.39. The van der Waals surface area contributed by atoms with Crippen molar-refractivity contribution < 1.29 is 13.9 Å². The fourth-order valence-corrected chi connectivity index (χ4v) is 3.96. The van der Waals surface area contributed by atoms with Crippen LogP contribution in [0.1, 0.15) is 38.9 Å². The van der Waals surface area contributed by atoms with Crippen LogP contribution < -0.4 is 10.2 Å². The van der Waals surface area contributed by atoms with Crippen LogP contribution in [0.2, 0.25) is 0 Å². The van der Waals surface area contributed by atoms with Crippen LogP contribution in [-0.2, 0) is 0 Å². The van der Waals surface area contributed by atoms with Crippen LogP contribution in [0.25, 0.3) is 11.0 Å². The third kappa shape index (κ3) is 2.62. The molecule has 0 saturated heterocycles. The quantitative estimate of drug-likeness (QED) is 0.643. The topological polar surface area (TPSA) is 59.8 Å². The molecule has 0 fully saturated rings. The molecule has 5 nitrogen and oxygen atoms in total. The average molecular weight is 375 g/mol. The third-order valence-electron chi connectivity index (χ3n) is 5.13. The summed E-state index contributed by atoms with van der Waals surface area (Å²) in [5, 5.41) is 0.498. The minimum absolute atomic E-state index is 0.110. The van der Waals surface area contributed by atoms with E-state index in [0.717, 1.165) is 16.7 Å². The van der Waals surface area contributed by atoms with Crippen LogP contribution >= 0.6 is 0 Å². The van der Waals surface area contributed by atoms with Crippen LogP contribution in [0.4, 0.5) is 0 Å². The van der Waals surface area contributed by atoms with Gasteiger partial charge in [-0.3, -0.25) is 9.59 Å². The smallest absolute Gasteiger partial charge is 0.291 e. The first-order valence-electron chi connectivity index (χ1n) is 9.10. The highest BCUT2D eigenvalue weighted by atomic mass is 16.5. The van der Waals surface area contributed by atoms with Crippen LogP contribution in [0.15, 0.2) is 58.3 Å². The Labute approximate surface area is 162 Å². The molecule has 3 aromatic rings. The summed E-state index contributed by atoms with van der Waals surface area (Å²) in [6.45, 7) is 7.88. The number of benzene rings is 2. The van der Waals surface area contributed by atoms with Crippen LogP contribution in [0.3, 0.4) is 0 Å². The molecule has 0 radical (unpaired) electrons. The fraction of sp³-hybridized carbons (Fsp3) is 0.217. The van der Waals surface area contributed by atoms with Gasteiger partial charge >= 0.3 is 0 Å². The summed E-state index contributed by atoms with van der Waals surface area (Å²) in [7, 11) is 1.59. The fourth-order valence-electron chi connectivity index (χ4n) is 3.96. The Morgan fingerprint density at radius 2 is 2.00 bits per heavy atom. The maximum absolute atomic E-state index is 13.5. The molecule has 28 heavy (non-hydrogen) atoms. The lowest BCUT2D eigenvalue weighted by Crippen LogP contribution is -2.29. The number of nitrogens with zero attached hydrogens (tertiary/aromatic N) is 1. The number of rotatable bonds is 4. The van der Waals surface area contributed by atoms with Gasteiger partial charge < -0.3 is 14.1 Å². The maximum Gasteiger partial charge on any atom is 0.291 e. The van der Waals surface area contributed by atoms with E-state index in [-0.39, 0.29) is 17.1 Å². The van der Waals surface area contributed by atoms with E-state index in [9.17, 15) is 9.59 Å². The predicted molar refractivity (Wildman–Crippen MR) is 108 cm³/mol. The zero-order valence-corrected chi connectivity index (χ0v) is 16.1. The predicted octanol–water partition coefficient (Wildman–Crippen LogP) is 4.15. The number of methoxy groups -OCH3 is 1. The van der Waals surface area contributed by atoms with Gasteiger partial charge in [0.25, 0.3) is 5.91 Å². The molecule has 0 spiro atoms. The summed E-state index contributed by atoms with van der Waals surface area (Å²) < 4.78 is 11.3. The van der Waals surface area contributed by atoms with Crippen molar-refractivity contribution in [1.29, 1.82) is 0 Å². The summed E-state index contributed by atoms with van der Waals surface area (Å²) in [5.41, 5.74) is 3.27. The number of hydrogen-bond donors (Lipinski definition) is 0. The third-order valence-corrected chi connectivity index (χ3v) is 5.13. The number of fused-ring (bicyclic) bond motifs is 2. The van der Waals surface area contributed by atoms with E-state index in [0.29, 0.717) is 28.8 Å². The molecule has 1 aliphatic heterocycles.